The summed E-state index contributed by atoms with van der Waals surface area (Å²) in [4.78, 5) is 0. The van der Waals surface area contributed by atoms with Crippen LogP contribution in [-0.4, -0.2) is 37.0 Å². The number of ether oxygens (including phenoxy) is 2. The molecule has 0 atom stereocenters. The third kappa shape index (κ3) is 4.66. The molecule has 0 saturated carbocycles. The Bertz CT molecular complexity index is 304. The molecule has 0 aromatic heterocycles. The highest BCUT2D eigenvalue weighted by Crippen LogP contribution is 2.07. The first-order valence-corrected chi connectivity index (χ1v) is 5.40. The Balaban J connectivity index is 2.33. The lowest BCUT2D eigenvalue weighted by Crippen LogP contribution is -2.29. The molecular formula is C11H17BO4. The zero-order valence-electron chi connectivity index (χ0n) is 9.43. The third-order valence-corrected chi connectivity index (χ3v) is 2.06. The van der Waals surface area contributed by atoms with Crippen LogP contribution in [0.3, 0.4) is 0 Å². The van der Waals surface area contributed by atoms with Crippen LogP contribution >= 0.6 is 0 Å². The maximum Gasteiger partial charge on any atom is 0.488 e. The Morgan fingerprint density at radius 3 is 2.75 bits per heavy atom. The second-order valence-corrected chi connectivity index (χ2v) is 3.35. The SMILES string of the molecule is CCOCCCOc1cccc(B(O)O)c1. The van der Waals surface area contributed by atoms with Crippen molar-refractivity contribution in [3.8, 4) is 5.75 Å². The molecule has 0 heterocycles. The molecular weight excluding hydrogens is 207 g/mol. The second kappa shape index (κ2) is 7.27. The lowest BCUT2D eigenvalue weighted by Gasteiger charge is -2.07. The van der Waals surface area contributed by atoms with E-state index in [1.54, 1.807) is 24.3 Å². The molecule has 0 saturated heterocycles. The zero-order valence-corrected chi connectivity index (χ0v) is 9.43. The van der Waals surface area contributed by atoms with Crippen molar-refractivity contribution in [1.82, 2.24) is 0 Å². The van der Waals surface area contributed by atoms with E-state index in [1.165, 1.54) is 0 Å². The van der Waals surface area contributed by atoms with Gasteiger partial charge in [0.05, 0.1) is 6.61 Å². The summed E-state index contributed by atoms with van der Waals surface area (Å²) in [6.45, 7) is 3.91. The molecule has 5 heteroatoms. The van der Waals surface area contributed by atoms with Crippen molar-refractivity contribution in [2.24, 2.45) is 0 Å². The molecule has 88 valence electrons. The molecule has 16 heavy (non-hydrogen) atoms. The molecule has 0 unspecified atom stereocenters. The van der Waals surface area contributed by atoms with Crippen LogP contribution in [0.5, 0.6) is 5.75 Å². The van der Waals surface area contributed by atoms with E-state index >= 15 is 0 Å². The summed E-state index contributed by atoms with van der Waals surface area (Å²) in [6.07, 6.45) is 0.819. The van der Waals surface area contributed by atoms with Gasteiger partial charge in [0.25, 0.3) is 0 Å². The van der Waals surface area contributed by atoms with Gasteiger partial charge in [-0.05, 0) is 24.5 Å². The summed E-state index contributed by atoms with van der Waals surface area (Å²) in [5.41, 5.74) is 0.433. The molecule has 0 fully saturated rings. The third-order valence-electron chi connectivity index (χ3n) is 2.06. The average Bonchev–Trinajstić information content (AvgIpc) is 2.29. The van der Waals surface area contributed by atoms with Gasteiger partial charge >= 0.3 is 7.12 Å². The molecule has 0 aliphatic heterocycles. The highest BCUT2D eigenvalue weighted by molar-refractivity contribution is 6.58. The minimum atomic E-state index is -1.45. The van der Waals surface area contributed by atoms with Gasteiger partial charge in [-0.2, -0.15) is 0 Å². The lowest BCUT2D eigenvalue weighted by molar-refractivity contribution is 0.131. The normalized spacial score (nSPS) is 10.2. The minimum absolute atomic E-state index is 0.433. The highest BCUT2D eigenvalue weighted by Gasteiger charge is 2.10. The average molecular weight is 224 g/mol. The fraction of sp³-hybridized carbons (Fsp3) is 0.455. The van der Waals surface area contributed by atoms with Crippen LogP contribution in [0.1, 0.15) is 13.3 Å². The number of benzene rings is 1. The molecule has 0 radical (unpaired) electrons. The highest BCUT2D eigenvalue weighted by atomic mass is 16.5. The predicted octanol–water partition coefficient (Wildman–Crippen LogP) is 0.172. The zero-order chi connectivity index (χ0) is 11.8. The van der Waals surface area contributed by atoms with E-state index < -0.39 is 7.12 Å². The molecule has 0 aliphatic carbocycles. The molecule has 0 spiro atoms. The van der Waals surface area contributed by atoms with Crippen molar-refractivity contribution in [3.05, 3.63) is 24.3 Å². The first-order valence-electron chi connectivity index (χ1n) is 5.40. The van der Waals surface area contributed by atoms with Crippen LogP contribution in [0.25, 0.3) is 0 Å². The van der Waals surface area contributed by atoms with Gasteiger partial charge < -0.3 is 19.5 Å². The van der Waals surface area contributed by atoms with Gasteiger partial charge in [0, 0.05) is 19.6 Å². The van der Waals surface area contributed by atoms with Gasteiger partial charge in [-0.15, -0.1) is 0 Å². The molecule has 2 N–H and O–H groups in total. The van der Waals surface area contributed by atoms with E-state index in [0.29, 0.717) is 31.0 Å². The molecule has 1 rings (SSSR count). The lowest BCUT2D eigenvalue weighted by atomic mass is 9.80. The maximum absolute atomic E-state index is 8.97. The van der Waals surface area contributed by atoms with E-state index in [4.69, 9.17) is 19.5 Å². The van der Waals surface area contributed by atoms with Crippen LogP contribution in [-0.2, 0) is 4.74 Å². The van der Waals surface area contributed by atoms with Crippen molar-refractivity contribution >= 4 is 12.6 Å². The monoisotopic (exact) mass is 224 g/mol. The fourth-order valence-electron chi connectivity index (χ4n) is 1.26. The Labute approximate surface area is 96.0 Å². The van der Waals surface area contributed by atoms with Gasteiger partial charge in [-0.25, -0.2) is 0 Å². The topological polar surface area (TPSA) is 58.9 Å². The summed E-state index contributed by atoms with van der Waals surface area (Å²) in [7, 11) is -1.45. The quantitative estimate of drug-likeness (QED) is 0.512. The summed E-state index contributed by atoms with van der Waals surface area (Å²) < 4.78 is 10.6. The first-order chi connectivity index (χ1) is 7.74. The van der Waals surface area contributed by atoms with E-state index in [1.807, 2.05) is 6.92 Å². The van der Waals surface area contributed by atoms with Crippen molar-refractivity contribution in [3.63, 3.8) is 0 Å². The minimum Gasteiger partial charge on any atom is -0.494 e. The Morgan fingerprint density at radius 2 is 2.06 bits per heavy atom. The number of hydrogen-bond acceptors (Lipinski definition) is 4. The smallest absolute Gasteiger partial charge is 0.488 e. The van der Waals surface area contributed by atoms with Crippen LogP contribution in [0.4, 0.5) is 0 Å². The largest absolute Gasteiger partial charge is 0.494 e. The van der Waals surface area contributed by atoms with Crippen LogP contribution in [0.2, 0.25) is 0 Å². The van der Waals surface area contributed by atoms with Crippen molar-refractivity contribution in [2.75, 3.05) is 19.8 Å². The summed E-state index contributed by atoms with van der Waals surface area (Å²) in [5, 5.41) is 17.9. The van der Waals surface area contributed by atoms with Gasteiger partial charge in [-0.1, -0.05) is 12.1 Å². The fourth-order valence-corrected chi connectivity index (χ4v) is 1.26. The number of rotatable bonds is 7. The molecule has 4 nitrogen and oxygen atoms in total. The standard InChI is InChI=1S/C11H17BO4/c1-2-15-7-4-8-16-11-6-3-5-10(9-11)12(13)14/h3,5-6,9,13-14H,2,4,7-8H2,1H3. The molecule has 1 aromatic carbocycles. The van der Waals surface area contributed by atoms with Crippen LogP contribution in [0, 0.1) is 0 Å². The maximum atomic E-state index is 8.97. The molecule has 0 bridgehead atoms. The van der Waals surface area contributed by atoms with E-state index in [9.17, 15) is 0 Å². The molecule has 0 aliphatic rings. The first kappa shape index (κ1) is 13.0. The summed E-state index contributed by atoms with van der Waals surface area (Å²) in [5.74, 6) is 0.641. The van der Waals surface area contributed by atoms with Crippen molar-refractivity contribution in [2.45, 2.75) is 13.3 Å². The Hall–Kier alpha value is -1.04. The molecule has 1 aromatic rings. The van der Waals surface area contributed by atoms with Crippen LogP contribution < -0.4 is 10.2 Å². The molecule has 0 amide bonds. The van der Waals surface area contributed by atoms with Gasteiger partial charge in [0.15, 0.2) is 0 Å². The van der Waals surface area contributed by atoms with Crippen LogP contribution in [0.15, 0.2) is 24.3 Å². The second-order valence-electron chi connectivity index (χ2n) is 3.35. The van der Waals surface area contributed by atoms with Gasteiger partial charge in [-0.3, -0.25) is 0 Å². The van der Waals surface area contributed by atoms with Gasteiger partial charge in [0.1, 0.15) is 5.75 Å². The summed E-state index contributed by atoms with van der Waals surface area (Å²) >= 11 is 0. The van der Waals surface area contributed by atoms with Gasteiger partial charge in [0.2, 0.25) is 0 Å². The van der Waals surface area contributed by atoms with E-state index in [-0.39, 0.29) is 0 Å². The number of hydrogen-bond donors (Lipinski definition) is 2. The van der Waals surface area contributed by atoms with E-state index in [0.717, 1.165) is 6.42 Å². The Morgan fingerprint density at radius 1 is 1.25 bits per heavy atom. The summed E-state index contributed by atoms with van der Waals surface area (Å²) in [6, 6.07) is 6.77. The van der Waals surface area contributed by atoms with Crippen molar-refractivity contribution < 1.29 is 19.5 Å². The predicted molar refractivity (Wildman–Crippen MR) is 62.9 cm³/mol. The Kier molecular flexibility index (Phi) is 5.92. The van der Waals surface area contributed by atoms with E-state index in [2.05, 4.69) is 0 Å². The van der Waals surface area contributed by atoms with Crippen molar-refractivity contribution in [1.29, 1.82) is 0 Å².